The number of halogens is 2. The molecule has 0 bridgehead atoms. The van der Waals surface area contributed by atoms with Gasteiger partial charge in [-0.15, -0.1) is 0 Å². The third-order valence-electron chi connectivity index (χ3n) is 4.27. The van der Waals surface area contributed by atoms with Crippen molar-refractivity contribution in [3.8, 4) is 0 Å². The number of nitrogens with one attached hydrogen (secondary N) is 2. The average Bonchev–Trinajstić information content (AvgIpc) is 2.71. The minimum atomic E-state index is -0.273. The zero-order valence-electron chi connectivity index (χ0n) is 15.3. The third-order valence-corrected chi connectivity index (χ3v) is 4.27. The van der Waals surface area contributed by atoms with Gasteiger partial charge in [-0.25, -0.2) is 13.8 Å². The summed E-state index contributed by atoms with van der Waals surface area (Å²) in [5.74, 6) is -0.0485. The van der Waals surface area contributed by atoms with E-state index < -0.39 is 0 Å². The molecule has 144 valence electrons. The van der Waals surface area contributed by atoms with E-state index in [0.29, 0.717) is 30.9 Å². The van der Waals surface area contributed by atoms with Crippen molar-refractivity contribution in [1.82, 2.24) is 10.3 Å². The molecule has 3 rings (SSSR count). The Balaban J connectivity index is 1.42. The molecule has 0 aliphatic heterocycles. The molecule has 6 heteroatoms. The first-order valence-corrected chi connectivity index (χ1v) is 9.07. The van der Waals surface area contributed by atoms with Crippen LogP contribution in [0.25, 0.3) is 0 Å². The molecule has 0 unspecified atom stereocenters. The molecule has 1 heterocycles. The van der Waals surface area contributed by atoms with Gasteiger partial charge in [0.15, 0.2) is 0 Å². The molecule has 1 amide bonds. The molecule has 0 radical (unpaired) electrons. The first-order chi connectivity index (χ1) is 13.6. The van der Waals surface area contributed by atoms with Crippen LogP contribution in [0.4, 0.5) is 14.6 Å². The molecular formula is C22H21F2N3O. The monoisotopic (exact) mass is 381 g/mol. The number of carbonyl (C=O) groups is 1. The van der Waals surface area contributed by atoms with Crippen LogP contribution in [0.15, 0.2) is 66.9 Å². The Labute approximate surface area is 162 Å². The number of hydrogen-bond donors (Lipinski definition) is 2. The van der Waals surface area contributed by atoms with Crippen LogP contribution in [0.3, 0.4) is 0 Å². The fourth-order valence-electron chi connectivity index (χ4n) is 2.69. The zero-order chi connectivity index (χ0) is 19.8. The predicted octanol–water partition coefficient (Wildman–Crippen LogP) is 3.99. The van der Waals surface area contributed by atoms with Crippen molar-refractivity contribution in [2.24, 2.45) is 0 Å². The fourth-order valence-corrected chi connectivity index (χ4v) is 2.69. The van der Waals surface area contributed by atoms with Crippen LogP contribution in [0, 0.1) is 11.6 Å². The molecular weight excluding hydrogens is 360 g/mol. The highest BCUT2D eigenvalue weighted by atomic mass is 19.1. The molecule has 1 aromatic heterocycles. The highest BCUT2D eigenvalue weighted by Gasteiger charge is 2.06. The SMILES string of the molecule is O=C(NCCc1ccc(F)cc1)c1ccc(NCCc2ccc(F)cc2)nc1. The van der Waals surface area contributed by atoms with Gasteiger partial charge in [0.05, 0.1) is 5.56 Å². The number of pyridine rings is 1. The number of amides is 1. The normalized spacial score (nSPS) is 10.5. The molecule has 4 nitrogen and oxygen atoms in total. The van der Waals surface area contributed by atoms with E-state index in [4.69, 9.17) is 0 Å². The van der Waals surface area contributed by atoms with Crippen LogP contribution in [0.5, 0.6) is 0 Å². The lowest BCUT2D eigenvalue weighted by molar-refractivity contribution is 0.0954. The first-order valence-electron chi connectivity index (χ1n) is 9.07. The van der Waals surface area contributed by atoms with Crippen molar-refractivity contribution < 1.29 is 13.6 Å². The molecule has 0 aliphatic carbocycles. The Morgan fingerprint density at radius 1 is 0.786 bits per heavy atom. The van der Waals surface area contributed by atoms with Crippen molar-refractivity contribution in [3.05, 3.63) is 95.2 Å². The molecule has 0 atom stereocenters. The van der Waals surface area contributed by atoms with Gasteiger partial charge in [0.2, 0.25) is 0 Å². The summed E-state index contributed by atoms with van der Waals surface area (Å²) in [5, 5.41) is 6.00. The van der Waals surface area contributed by atoms with Crippen LogP contribution in [0.2, 0.25) is 0 Å². The lowest BCUT2D eigenvalue weighted by atomic mass is 10.1. The molecule has 0 saturated carbocycles. The zero-order valence-corrected chi connectivity index (χ0v) is 15.3. The lowest BCUT2D eigenvalue weighted by Gasteiger charge is -2.08. The topological polar surface area (TPSA) is 54.0 Å². The van der Waals surface area contributed by atoms with Crippen LogP contribution >= 0.6 is 0 Å². The molecule has 0 spiro atoms. The molecule has 2 N–H and O–H groups in total. The second-order valence-corrected chi connectivity index (χ2v) is 6.37. The van der Waals surface area contributed by atoms with Crippen LogP contribution in [0.1, 0.15) is 21.5 Å². The Kier molecular flexibility index (Phi) is 6.68. The summed E-state index contributed by atoms with van der Waals surface area (Å²) in [6.45, 7) is 1.12. The summed E-state index contributed by atoms with van der Waals surface area (Å²) >= 11 is 0. The molecule has 0 fully saturated rings. The molecule has 3 aromatic rings. The standard InChI is InChI=1S/C22H21F2N3O/c23-19-6-1-16(2-7-19)11-13-25-21-10-5-18(15-27-21)22(28)26-14-12-17-3-8-20(24)9-4-17/h1-10,15H,11-14H2,(H,25,27)(H,26,28). The highest BCUT2D eigenvalue weighted by Crippen LogP contribution is 2.08. The van der Waals surface area contributed by atoms with Gasteiger partial charge in [-0.1, -0.05) is 24.3 Å². The number of aromatic nitrogens is 1. The minimum absolute atomic E-state index is 0.201. The number of anilines is 1. The van der Waals surface area contributed by atoms with Gasteiger partial charge in [-0.2, -0.15) is 0 Å². The summed E-state index contributed by atoms with van der Waals surface area (Å²) in [7, 11) is 0. The molecule has 28 heavy (non-hydrogen) atoms. The summed E-state index contributed by atoms with van der Waals surface area (Å²) in [6, 6.07) is 16.1. The van der Waals surface area contributed by atoms with Gasteiger partial charge in [-0.05, 0) is 60.4 Å². The first kappa shape index (κ1) is 19.5. The van der Waals surface area contributed by atoms with Gasteiger partial charge >= 0.3 is 0 Å². The Bertz CT molecular complexity index is 895. The Morgan fingerprint density at radius 2 is 1.36 bits per heavy atom. The number of rotatable bonds is 8. The van der Waals surface area contributed by atoms with E-state index in [1.165, 1.54) is 30.5 Å². The Hall–Kier alpha value is -3.28. The number of hydrogen-bond acceptors (Lipinski definition) is 3. The van der Waals surface area contributed by atoms with Crippen LogP contribution in [-0.2, 0) is 12.8 Å². The summed E-state index contributed by atoms with van der Waals surface area (Å²) < 4.78 is 25.8. The van der Waals surface area contributed by atoms with E-state index in [0.717, 1.165) is 17.5 Å². The third kappa shape index (κ3) is 5.87. The highest BCUT2D eigenvalue weighted by molar-refractivity contribution is 5.94. The smallest absolute Gasteiger partial charge is 0.252 e. The second-order valence-electron chi connectivity index (χ2n) is 6.37. The van der Waals surface area contributed by atoms with E-state index in [-0.39, 0.29) is 17.5 Å². The fraction of sp³-hybridized carbons (Fsp3) is 0.182. The van der Waals surface area contributed by atoms with Crippen LogP contribution in [-0.4, -0.2) is 24.0 Å². The molecule has 0 saturated heterocycles. The van der Waals surface area contributed by atoms with Crippen molar-refractivity contribution >= 4 is 11.7 Å². The predicted molar refractivity (Wildman–Crippen MR) is 105 cm³/mol. The quantitative estimate of drug-likeness (QED) is 0.620. The van der Waals surface area contributed by atoms with Gasteiger partial charge in [-0.3, -0.25) is 4.79 Å². The maximum Gasteiger partial charge on any atom is 0.252 e. The van der Waals surface area contributed by atoms with Crippen molar-refractivity contribution in [2.45, 2.75) is 12.8 Å². The lowest BCUT2D eigenvalue weighted by Crippen LogP contribution is -2.25. The summed E-state index contributed by atoms with van der Waals surface area (Å²) in [5.41, 5.74) is 2.47. The Morgan fingerprint density at radius 3 is 1.89 bits per heavy atom. The molecule has 2 aromatic carbocycles. The van der Waals surface area contributed by atoms with Crippen molar-refractivity contribution in [2.75, 3.05) is 18.4 Å². The van der Waals surface area contributed by atoms with E-state index in [1.54, 1.807) is 36.4 Å². The van der Waals surface area contributed by atoms with E-state index in [2.05, 4.69) is 15.6 Å². The number of nitrogens with zero attached hydrogens (tertiary/aromatic N) is 1. The maximum atomic E-state index is 12.9. The summed E-state index contributed by atoms with van der Waals surface area (Å²) in [6.07, 6.45) is 2.89. The largest absolute Gasteiger partial charge is 0.370 e. The van der Waals surface area contributed by atoms with Gasteiger partial charge < -0.3 is 10.6 Å². The van der Waals surface area contributed by atoms with Gasteiger partial charge in [0.1, 0.15) is 17.5 Å². The van der Waals surface area contributed by atoms with Crippen molar-refractivity contribution in [1.29, 1.82) is 0 Å². The average molecular weight is 381 g/mol. The van der Waals surface area contributed by atoms with Gasteiger partial charge in [0.25, 0.3) is 5.91 Å². The summed E-state index contributed by atoms with van der Waals surface area (Å²) in [4.78, 5) is 16.4. The van der Waals surface area contributed by atoms with E-state index in [9.17, 15) is 13.6 Å². The minimum Gasteiger partial charge on any atom is -0.370 e. The number of carbonyl (C=O) groups excluding carboxylic acids is 1. The maximum absolute atomic E-state index is 12.9. The van der Waals surface area contributed by atoms with E-state index in [1.807, 2.05) is 0 Å². The number of benzene rings is 2. The van der Waals surface area contributed by atoms with E-state index >= 15 is 0 Å². The van der Waals surface area contributed by atoms with Crippen LogP contribution < -0.4 is 10.6 Å². The molecule has 0 aliphatic rings. The second kappa shape index (κ2) is 9.60. The van der Waals surface area contributed by atoms with Gasteiger partial charge in [0, 0.05) is 19.3 Å². The van der Waals surface area contributed by atoms with Crippen molar-refractivity contribution in [3.63, 3.8) is 0 Å².